The Hall–Kier alpha value is -5.04. The number of nitriles is 1. The van der Waals surface area contributed by atoms with Crippen molar-refractivity contribution >= 4 is 11.7 Å². The van der Waals surface area contributed by atoms with Crippen LogP contribution >= 0.6 is 0 Å². The van der Waals surface area contributed by atoms with E-state index in [0.29, 0.717) is 22.6 Å². The van der Waals surface area contributed by atoms with E-state index in [1.807, 2.05) is 6.07 Å². The third-order valence-corrected chi connectivity index (χ3v) is 5.25. The Morgan fingerprint density at radius 1 is 1.14 bits per heavy atom. The minimum absolute atomic E-state index is 0.118. The van der Waals surface area contributed by atoms with Crippen LogP contribution < -0.4 is 24.7 Å². The molecule has 0 aromatic heterocycles. The maximum Gasteiger partial charge on any atom is 0.349 e. The van der Waals surface area contributed by atoms with Gasteiger partial charge in [-0.15, -0.1) is 0 Å². The van der Waals surface area contributed by atoms with Crippen molar-refractivity contribution in [3.63, 3.8) is 0 Å². The van der Waals surface area contributed by atoms with Crippen molar-refractivity contribution in [2.75, 3.05) is 13.7 Å². The first-order valence-corrected chi connectivity index (χ1v) is 10.3. The summed E-state index contributed by atoms with van der Waals surface area (Å²) in [6, 6.07) is 19.5. The number of non-ortho nitro benzene ring substituents is 1. The molecule has 0 saturated carbocycles. The molecule has 0 saturated heterocycles. The Morgan fingerprint density at radius 2 is 1.91 bits per heavy atom. The average molecular weight is 473 g/mol. The summed E-state index contributed by atoms with van der Waals surface area (Å²) >= 11 is 0. The Morgan fingerprint density at radius 3 is 2.63 bits per heavy atom. The van der Waals surface area contributed by atoms with Gasteiger partial charge < -0.3 is 24.7 Å². The van der Waals surface area contributed by atoms with Gasteiger partial charge in [0.2, 0.25) is 5.88 Å². The van der Waals surface area contributed by atoms with Crippen molar-refractivity contribution in [1.82, 2.24) is 0 Å². The molecule has 176 valence electrons. The predicted octanol–water partition coefficient (Wildman–Crippen LogP) is 3.81. The lowest BCUT2D eigenvalue weighted by atomic mass is 9.83. The number of fused-ring (bicyclic) bond motifs is 1. The number of para-hydroxylation sites is 2. The van der Waals surface area contributed by atoms with Crippen LogP contribution in [0.15, 0.2) is 78.2 Å². The number of carbonyl (C=O) groups excluding carboxylic acids is 1. The third kappa shape index (κ3) is 4.84. The molecule has 1 aliphatic heterocycles. The number of nitro groups is 1. The second-order valence-corrected chi connectivity index (χ2v) is 7.39. The molecule has 1 unspecified atom stereocenters. The smallest absolute Gasteiger partial charge is 0.349 e. The highest BCUT2D eigenvalue weighted by Gasteiger charge is 2.32. The fourth-order valence-electron chi connectivity index (χ4n) is 3.70. The van der Waals surface area contributed by atoms with Crippen LogP contribution in [0, 0.1) is 21.4 Å². The molecule has 3 aromatic carbocycles. The highest BCUT2D eigenvalue weighted by molar-refractivity contribution is 5.74. The molecule has 1 heterocycles. The number of hydrogen-bond donors (Lipinski definition) is 1. The summed E-state index contributed by atoms with van der Waals surface area (Å²) in [6.07, 6.45) is 0. The molecule has 1 atom stereocenters. The van der Waals surface area contributed by atoms with Crippen LogP contribution in [-0.2, 0) is 4.79 Å². The van der Waals surface area contributed by atoms with Crippen LogP contribution in [-0.4, -0.2) is 24.6 Å². The molecule has 0 aliphatic carbocycles. The number of nitro benzene ring substituents is 1. The highest BCUT2D eigenvalue weighted by Crippen LogP contribution is 2.44. The van der Waals surface area contributed by atoms with Gasteiger partial charge in [0.05, 0.1) is 18.0 Å². The topological polar surface area (TPSA) is 147 Å². The SMILES string of the molecule is COc1ccccc1OCC(=O)Oc1ccc2c(c1)OC(N)=C(C#N)C2c1cccc([N+](=O)[O-])c1. The molecule has 4 rings (SSSR count). The lowest BCUT2D eigenvalue weighted by Crippen LogP contribution is -2.22. The minimum Gasteiger partial charge on any atom is -0.493 e. The molecule has 10 heteroatoms. The number of ether oxygens (including phenoxy) is 4. The zero-order valence-electron chi connectivity index (χ0n) is 18.5. The number of rotatable bonds is 7. The molecule has 35 heavy (non-hydrogen) atoms. The molecule has 0 spiro atoms. The van der Waals surface area contributed by atoms with E-state index in [-0.39, 0.29) is 35.2 Å². The van der Waals surface area contributed by atoms with Crippen molar-refractivity contribution in [2.45, 2.75) is 5.92 Å². The van der Waals surface area contributed by atoms with E-state index < -0.39 is 16.8 Å². The minimum atomic E-state index is -0.692. The quantitative estimate of drug-likeness (QED) is 0.234. The summed E-state index contributed by atoms with van der Waals surface area (Å²) in [4.78, 5) is 23.1. The van der Waals surface area contributed by atoms with Crippen LogP contribution in [0.25, 0.3) is 0 Å². The van der Waals surface area contributed by atoms with Crippen molar-refractivity contribution in [1.29, 1.82) is 5.26 Å². The van der Waals surface area contributed by atoms with Gasteiger partial charge in [-0.25, -0.2) is 4.79 Å². The van der Waals surface area contributed by atoms with E-state index in [1.54, 1.807) is 36.4 Å². The maximum absolute atomic E-state index is 12.3. The van der Waals surface area contributed by atoms with Gasteiger partial charge in [0.15, 0.2) is 18.1 Å². The van der Waals surface area contributed by atoms with Gasteiger partial charge >= 0.3 is 5.97 Å². The molecule has 2 N–H and O–H groups in total. The van der Waals surface area contributed by atoms with E-state index in [0.717, 1.165) is 0 Å². The number of nitrogens with zero attached hydrogens (tertiary/aromatic N) is 2. The van der Waals surface area contributed by atoms with Crippen molar-refractivity contribution in [2.24, 2.45) is 5.73 Å². The molecule has 3 aromatic rings. The number of allylic oxidation sites excluding steroid dienone is 1. The van der Waals surface area contributed by atoms with Crippen molar-refractivity contribution in [3.8, 4) is 29.1 Å². The first kappa shape index (κ1) is 23.1. The molecule has 0 fully saturated rings. The maximum atomic E-state index is 12.3. The number of methoxy groups -OCH3 is 1. The average Bonchev–Trinajstić information content (AvgIpc) is 2.86. The molecule has 1 aliphatic rings. The van der Waals surface area contributed by atoms with Gasteiger partial charge in [-0.2, -0.15) is 5.26 Å². The van der Waals surface area contributed by atoms with E-state index >= 15 is 0 Å². The van der Waals surface area contributed by atoms with Crippen LogP contribution in [0.1, 0.15) is 17.0 Å². The second kappa shape index (κ2) is 9.84. The Balaban J connectivity index is 1.57. The Bertz CT molecular complexity index is 1380. The second-order valence-electron chi connectivity index (χ2n) is 7.39. The normalized spacial score (nSPS) is 14.2. The fourth-order valence-corrected chi connectivity index (χ4v) is 3.70. The summed E-state index contributed by atoms with van der Waals surface area (Å²) in [6.45, 7) is -0.366. The Kier molecular flexibility index (Phi) is 6.50. The van der Waals surface area contributed by atoms with Crippen LogP contribution in [0.2, 0.25) is 0 Å². The first-order chi connectivity index (χ1) is 16.9. The Labute approximate surface area is 199 Å². The van der Waals surface area contributed by atoms with E-state index in [9.17, 15) is 20.2 Å². The highest BCUT2D eigenvalue weighted by atomic mass is 16.6. The van der Waals surface area contributed by atoms with E-state index in [2.05, 4.69) is 0 Å². The van der Waals surface area contributed by atoms with Crippen LogP contribution in [0.3, 0.4) is 0 Å². The molecular weight excluding hydrogens is 454 g/mol. The molecule has 10 nitrogen and oxygen atoms in total. The lowest BCUT2D eigenvalue weighted by Gasteiger charge is -2.26. The number of carbonyl (C=O) groups is 1. The lowest BCUT2D eigenvalue weighted by molar-refractivity contribution is -0.384. The van der Waals surface area contributed by atoms with Crippen molar-refractivity contribution < 1.29 is 28.7 Å². The standard InChI is InChI=1S/C25H19N3O7/c1-32-20-7-2-3-8-21(20)33-14-23(29)34-17-9-10-18-22(12-17)35-25(27)19(13-26)24(18)15-5-4-6-16(11-15)28(30)31/h2-12,24H,14,27H2,1H3. The van der Waals surface area contributed by atoms with Crippen LogP contribution in [0.5, 0.6) is 23.0 Å². The van der Waals surface area contributed by atoms with Gasteiger partial charge in [-0.3, -0.25) is 10.1 Å². The van der Waals surface area contributed by atoms with Gasteiger partial charge in [-0.05, 0) is 23.8 Å². The summed E-state index contributed by atoms with van der Waals surface area (Å²) in [5.74, 6) is -0.199. The zero-order valence-corrected chi connectivity index (χ0v) is 18.5. The van der Waals surface area contributed by atoms with E-state index in [4.69, 9.17) is 24.7 Å². The molecule has 0 amide bonds. The third-order valence-electron chi connectivity index (χ3n) is 5.25. The molecule has 0 bridgehead atoms. The first-order valence-electron chi connectivity index (χ1n) is 10.3. The van der Waals surface area contributed by atoms with Gasteiger partial charge in [0.1, 0.15) is 23.1 Å². The van der Waals surface area contributed by atoms with Gasteiger partial charge in [0.25, 0.3) is 5.69 Å². The van der Waals surface area contributed by atoms with Crippen molar-refractivity contribution in [3.05, 3.63) is 99.4 Å². The summed E-state index contributed by atoms with van der Waals surface area (Å²) in [5, 5.41) is 20.9. The summed E-state index contributed by atoms with van der Waals surface area (Å²) in [7, 11) is 1.49. The molecule has 0 radical (unpaired) electrons. The number of benzene rings is 3. The number of nitrogens with two attached hydrogens (primary N) is 1. The number of esters is 1. The zero-order chi connectivity index (χ0) is 24.9. The van der Waals surface area contributed by atoms with Gasteiger partial charge in [0, 0.05) is 23.8 Å². The summed E-state index contributed by atoms with van der Waals surface area (Å²) < 4.78 is 21.6. The monoisotopic (exact) mass is 473 g/mol. The predicted molar refractivity (Wildman–Crippen MR) is 123 cm³/mol. The summed E-state index contributed by atoms with van der Waals surface area (Å²) in [5.41, 5.74) is 7.02. The van der Waals surface area contributed by atoms with E-state index in [1.165, 1.54) is 37.4 Å². The van der Waals surface area contributed by atoms with Gasteiger partial charge in [-0.1, -0.05) is 30.3 Å². The van der Waals surface area contributed by atoms with Crippen LogP contribution in [0.4, 0.5) is 5.69 Å². The largest absolute Gasteiger partial charge is 0.493 e. The fraction of sp³-hybridized carbons (Fsp3) is 0.120. The number of hydrogen-bond acceptors (Lipinski definition) is 9. The molecular formula is C25H19N3O7.